The molecule has 0 aromatic heterocycles. The first-order chi connectivity index (χ1) is 17.0. The van der Waals surface area contributed by atoms with Crippen LogP contribution < -0.4 is 10.1 Å². The molecule has 1 aliphatic rings. The van der Waals surface area contributed by atoms with Crippen LogP contribution in [0, 0.1) is 10.1 Å². The van der Waals surface area contributed by atoms with E-state index in [1.807, 2.05) is 42.7 Å². The molecule has 9 heteroatoms. The summed E-state index contributed by atoms with van der Waals surface area (Å²) in [5, 5.41) is 13.4. The van der Waals surface area contributed by atoms with E-state index in [1.165, 1.54) is 36.0 Å². The predicted octanol–water partition coefficient (Wildman–Crippen LogP) is 5.16. The van der Waals surface area contributed by atoms with Crippen LogP contribution in [0.4, 0.5) is 10.5 Å². The van der Waals surface area contributed by atoms with Crippen molar-refractivity contribution in [2.75, 3.05) is 18.6 Å². The fourth-order valence-corrected chi connectivity index (χ4v) is 4.56. The van der Waals surface area contributed by atoms with E-state index >= 15 is 0 Å². The number of hydrogen-bond donors (Lipinski definition) is 1. The minimum Gasteiger partial charge on any atom is -0.449 e. The lowest BCUT2D eigenvalue weighted by atomic mass is 9.98. The highest BCUT2D eigenvalue weighted by Gasteiger charge is 2.30. The maximum Gasteiger partial charge on any atom is 0.407 e. The Bertz CT molecular complexity index is 1190. The monoisotopic (exact) mass is 492 g/mol. The predicted molar refractivity (Wildman–Crippen MR) is 134 cm³/mol. The summed E-state index contributed by atoms with van der Waals surface area (Å²) in [4.78, 5) is 35.6. The molecule has 3 aromatic carbocycles. The number of nitro groups is 1. The van der Waals surface area contributed by atoms with Crippen LogP contribution in [0.25, 0.3) is 11.1 Å². The van der Waals surface area contributed by atoms with E-state index in [0.29, 0.717) is 12.2 Å². The molecule has 1 N–H and O–H groups in total. The van der Waals surface area contributed by atoms with Gasteiger partial charge in [-0.2, -0.15) is 11.8 Å². The van der Waals surface area contributed by atoms with Gasteiger partial charge in [-0.15, -0.1) is 0 Å². The number of carbonyl (C=O) groups is 2. The summed E-state index contributed by atoms with van der Waals surface area (Å²) in [5.41, 5.74) is 4.33. The van der Waals surface area contributed by atoms with Crippen LogP contribution in [0.3, 0.4) is 0 Å². The molecular weight excluding hydrogens is 468 g/mol. The van der Waals surface area contributed by atoms with Gasteiger partial charge < -0.3 is 14.8 Å². The Balaban J connectivity index is 1.40. The summed E-state index contributed by atoms with van der Waals surface area (Å²) in [6.45, 7) is 0.131. The van der Waals surface area contributed by atoms with Gasteiger partial charge in [0.15, 0.2) is 0 Å². The van der Waals surface area contributed by atoms with Gasteiger partial charge >= 0.3 is 12.1 Å². The quantitative estimate of drug-likeness (QED) is 0.190. The number of thioether (sulfide) groups is 1. The van der Waals surface area contributed by atoms with Crippen LogP contribution in [0.1, 0.15) is 23.5 Å². The van der Waals surface area contributed by atoms with Gasteiger partial charge in [0.05, 0.1) is 4.92 Å². The minimum atomic E-state index is -0.923. The Morgan fingerprint density at radius 3 is 2.17 bits per heavy atom. The van der Waals surface area contributed by atoms with E-state index < -0.39 is 23.0 Å². The van der Waals surface area contributed by atoms with Crippen LogP contribution >= 0.6 is 11.8 Å². The third-order valence-corrected chi connectivity index (χ3v) is 6.44. The molecule has 1 aliphatic carbocycles. The lowest BCUT2D eigenvalue weighted by Gasteiger charge is -2.19. The first-order valence-electron chi connectivity index (χ1n) is 11.0. The molecule has 0 fully saturated rings. The highest BCUT2D eigenvalue weighted by molar-refractivity contribution is 7.98. The molecule has 180 valence electrons. The lowest BCUT2D eigenvalue weighted by Crippen LogP contribution is -2.44. The molecule has 0 bridgehead atoms. The second-order valence-electron chi connectivity index (χ2n) is 7.98. The summed E-state index contributed by atoms with van der Waals surface area (Å²) >= 11 is 1.53. The fraction of sp³-hybridized carbons (Fsp3) is 0.231. The molecule has 3 aromatic rings. The minimum absolute atomic E-state index is 0.0927. The van der Waals surface area contributed by atoms with Gasteiger partial charge in [0.1, 0.15) is 18.4 Å². The number of nitrogens with zero attached hydrogens (tertiary/aromatic N) is 1. The lowest BCUT2D eigenvalue weighted by molar-refractivity contribution is -0.384. The fourth-order valence-electron chi connectivity index (χ4n) is 4.09. The zero-order valence-electron chi connectivity index (χ0n) is 19.0. The number of amides is 1. The molecule has 0 unspecified atom stereocenters. The van der Waals surface area contributed by atoms with Crippen LogP contribution in [-0.2, 0) is 9.53 Å². The van der Waals surface area contributed by atoms with Gasteiger partial charge in [-0.3, -0.25) is 10.1 Å². The average molecular weight is 493 g/mol. The summed E-state index contributed by atoms with van der Waals surface area (Å²) < 4.78 is 10.9. The van der Waals surface area contributed by atoms with Crippen molar-refractivity contribution in [1.29, 1.82) is 0 Å². The zero-order valence-corrected chi connectivity index (χ0v) is 19.8. The molecule has 35 heavy (non-hydrogen) atoms. The third kappa shape index (κ3) is 5.63. The van der Waals surface area contributed by atoms with Gasteiger partial charge in [-0.1, -0.05) is 48.5 Å². The molecule has 0 heterocycles. The van der Waals surface area contributed by atoms with Crippen LogP contribution in [0.2, 0.25) is 0 Å². The Morgan fingerprint density at radius 1 is 1.00 bits per heavy atom. The molecule has 0 aliphatic heterocycles. The van der Waals surface area contributed by atoms with E-state index in [1.54, 1.807) is 0 Å². The van der Waals surface area contributed by atoms with Crippen molar-refractivity contribution in [3.05, 3.63) is 94.0 Å². The van der Waals surface area contributed by atoms with Crippen molar-refractivity contribution < 1.29 is 24.0 Å². The molecular formula is C26H24N2O6S. The number of hydrogen-bond acceptors (Lipinski definition) is 7. The number of alkyl carbamates (subject to hydrolysis) is 1. The SMILES string of the molecule is CSCC[C@@H](NC(=O)OCC1c2ccccc2-c2ccccc21)C(=O)Oc1ccc([N+](=O)[O-])cc1. The molecule has 0 spiro atoms. The van der Waals surface area contributed by atoms with Gasteiger partial charge in [-0.05, 0) is 52.8 Å². The van der Waals surface area contributed by atoms with Crippen molar-refractivity contribution in [2.45, 2.75) is 18.4 Å². The molecule has 1 amide bonds. The first-order valence-corrected chi connectivity index (χ1v) is 12.4. The van der Waals surface area contributed by atoms with Crippen LogP contribution in [0.5, 0.6) is 5.75 Å². The molecule has 0 saturated carbocycles. The molecule has 0 saturated heterocycles. The maximum absolute atomic E-state index is 12.7. The molecule has 8 nitrogen and oxygen atoms in total. The van der Waals surface area contributed by atoms with E-state index in [0.717, 1.165) is 22.3 Å². The number of nitrogens with one attached hydrogen (secondary N) is 1. The normalized spacial score (nSPS) is 12.8. The van der Waals surface area contributed by atoms with E-state index in [2.05, 4.69) is 17.4 Å². The highest BCUT2D eigenvalue weighted by Crippen LogP contribution is 2.44. The van der Waals surface area contributed by atoms with Crippen molar-refractivity contribution in [2.24, 2.45) is 0 Å². The van der Waals surface area contributed by atoms with Gasteiger partial charge in [-0.25, -0.2) is 9.59 Å². The van der Waals surface area contributed by atoms with Crippen LogP contribution in [0.15, 0.2) is 72.8 Å². The molecule has 1 atom stereocenters. The van der Waals surface area contributed by atoms with Crippen LogP contribution in [-0.4, -0.2) is 41.6 Å². The van der Waals surface area contributed by atoms with Gasteiger partial charge in [0.2, 0.25) is 0 Å². The average Bonchev–Trinajstić information content (AvgIpc) is 3.19. The van der Waals surface area contributed by atoms with Crippen molar-refractivity contribution in [1.82, 2.24) is 5.32 Å². The van der Waals surface area contributed by atoms with Gasteiger partial charge in [0.25, 0.3) is 5.69 Å². The number of carbonyl (C=O) groups excluding carboxylic acids is 2. The Labute approximate surface area is 206 Å². The molecule has 4 rings (SSSR count). The topological polar surface area (TPSA) is 108 Å². The summed E-state index contributed by atoms with van der Waals surface area (Å²) in [7, 11) is 0. The Hall–Kier alpha value is -3.85. The standard InChI is InChI=1S/C26H24N2O6S/c1-35-15-14-24(25(29)34-18-12-10-17(11-13-18)28(31)32)27-26(30)33-16-23-21-8-4-2-6-19(21)20-7-3-5-9-22(20)23/h2-13,23-24H,14-16H2,1H3,(H,27,30)/t24-/m1/s1. The highest BCUT2D eigenvalue weighted by atomic mass is 32.2. The second kappa shape index (κ2) is 11.1. The van der Waals surface area contributed by atoms with Gasteiger partial charge in [0, 0.05) is 18.1 Å². The van der Waals surface area contributed by atoms with Crippen molar-refractivity contribution >= 4 is 29.5 Å². The smallest absolute Gasteiger partial charge is 0.407 e. The van der Waals surface area contributed by atoms with Crippen molar-refractivity contribution in [3.63, 3.8) is 0 Å². The zero-order chi connectivity index (χ0) is 24.8. The number of nitro benzene ring substituents is 1. The summed E-state index contributed by atoms with van der Waals surface area (Å²) in [6.07, 6.45) is 1.53. The largest absolute Gasteiger partial charge is 0.449 e. The number of rotatable bonds is 9. The maximum atomic E-state index is 12.7. The molecule has 0 radical (unpaired) electrons. The van der Waals surface area contributed by atoms with E-state index in [-0.39, 0.29) is 24.0 Å². The number of non-ortho nitro benzene ring substituents is 1. The van der Waals surface area contributed by atoms with E-state index in [9.17, 15) is 19.7 Å². The summed E-state index contributed by atoms with van der Waals surface area (Å²) in [5.74, 6) is 0.0132. The van der Waals surface area contributed by atoms with E-state index in [4.69, 9.17) is 9.47 Å². The number of fused-ring (bicyclic) bond motifs is 3. The number of ether oxygens (including phenoxy) is 2. The Morgan fingerprint density at radius 2 is 1.60 bits per heavy atom. The number of esters is 1. The summed E-state index contributed by atoms with van der Waals surface area (Å²) in [6, 6.07) is 20.3. The second-order valence-corrected chi connectivity index (χ2v) is 8.96. The third-order valence-electron chi connectivity index (χ3n) is 5.80. The Kier molecular flexibility index (Phi) is 7.67. The first kappa shape index (κ1) is 24.3. The van der Waals surface area contributed by atoms with Crippen molar-refractivity contribution in [3.8, 4) is 16.9 Å². The number of benzene rings is 3.